The van der Waals surface area contributed by atoms with Gasteiger partial charge in [0.2, 0.25) is 0 Å². The van der Waals surface area contributed by atoms with E-state index in [2.05, 4.69) is 31.2 Å². The van der Waals surface area contributed by atoms with E-state index in [1.165, 1.54) is 57.1 Å². The highest BCUT2D eigenvalue weighted by Gasteiger charge is 2.25. The molecule has 0 spiro atoms. The molecule has 1 saturated carbocycles. The van der Waals surface area contributed by atoms with Crippen LogP contribution in [0.2, 0.25) is 0 Å². The van der Waals surface area contributed by atoms with Crippen LogP contribution in [0, 0.1) is 5.92 Å². The van der Waals surface area contributed by atoms with Gasteiger partial charge < -0.3 is 5.11 Å². The Labute approximate surface area is 157 Å². The molecule has 0 amide bonds. The molecule has 1 aliphatic carbocycles. The summed E-state index contributed by atoms with van der Waals surface area (Å²) in [5, 5.41) is 9.86. The maximum Gasteiger partial charge on any atom is 0.193 e. The summed E-state index contributed by atoms with van der Waals surface area (Å²) in [6.07, 6.45) is 6.66. The number of hydrogen-bond acceptors (Lipinski definition) is 2. The predicted molar refractivity (Wildman–Crippen MR) is 107 cm³/mol. The van der Waals surface area contributed by atoms with Gasteiger partial charge in [0.25, 0.3) is 0 Å². The van der Waals surface area contributed by atoms with Crippen LogP contribution in [0.15, 0.2) is 48.5 Å². The van der Waals surface area contributed by atoms with Gasteiger partial charge in [-0.15, -0.1) is 0 Å². The Hall–Kier alpha value is -1.93. The lowest BCUT2D eigenvalue weighted by Gasteiger charge is -2.28. The number of carbonyl (C=O) groups excluding carboxylic acids is 1. The van der Waals surface area contributed by atoms with Crippen molar-refractivity contribution in [2.24, 2.45) is 5.92 Å². The van der Waals surface area contributed by atoms with Crippen molar-refractivity contribution in [3.63, 3.8) is 0 Å². The molecule has 1 N–H and O–H groups in total. The maximum absolute atomic E-state index is 12.1. The summed E-state index contributed by atoms with van der Waals surface area (Å²) >= 11 is 0. The van der Waals surface area contributed by atoms with Gasteiger partial charge in [0.1, 0.15) is 5.60 Å². The van der Waals surface area contributed by atoms with Crippen molar-refractivity contribution in [2.45, 2.75) is 64.4 Å². The van der Waals surface area contributed by atoms with Crippen LogP contribution in [0.3, 0.4) is 0 Å². The zero-order valence-electron chi connectivity index (χ0n) is 16.2. The molecule has 138 valence electrons. The Bertz CT molecular complexity index is 727. The maximum atomic E-state index is 12.1. The first-order chi connectivity index (χ1) is 12.4. The van der Waals surface area contributed by atoms with Gasteiger partial charge in [-0.1, -0.05) is 61.9 Å². The van der Waals surface area contributed by atoms with Gasteiger partial charge in [0.05, 0.1) is 0 Å². The Balaban J connectivity index is 1.70. The van der Waals surface area contributed by atoms with Crippen molar-refractivity contribution in [1.82, 2.24) is 0 Å². The molecule has 0 aliphatic heterocycles. The van der Waals surface area contributed by atoms with E-state index in [9.17, 15) is 9.90 Å². The Morgan fingerprint density at radius 3 is 1.88 bits per heavy atom. The first kappa shape index (κ1) is 18.8. The first-order valence-electron chi connectivity index (χ1n) is 9.86. The molecule has 2 heteroatoms. The van der Waals surface area contributed by atoms with E-state index in [0.29, 0.717) is 11.5 Å². The third-order valence-electron chi connectivity index (χ3n) is 5.84. The van der Waals surface area contributed by atoms with Crippen molar-refractivity contribution in [3.05, 3.63) is 59.7 Å². The lowest BCUT2D eigenvalue weighted by Crippen LogP contribution is -2.30. The second-order valence-electron chi connectivity index (χ2n) is 8.21. The summed E-state index contributed by atoms with van der Waals surface area (Å²) in [5.41, 5.74) is 2.93. The molecular formula is C24H30O2. The van der Waals surface area contributed by atoms with Crippen molar-refractivity contribution < 1.29 is 9.90 Å². The van der Waals surface area contributed by atoms with Crippen molar-refractivity contribution in [3.8, 4) is 11.1 Å². The largest absolute Gasteiger partial charge is 0.382 e. The van der Waals surface area contributed by atoms with Crippen LogP contribution in [-0.4, -0.2) is 16.5 Å². The Morgan fingerprint density at radius 2 is 1.42 bits per heavy atom. The van der Waals surface area contributed by atoms with E-state index in [-0.39, 0.29) is 5.78 Å². The highest BCUT2D eigenvalue weighted by molar-refractivity contribution is 6.02. The number of ketones is 1. The zero-order valence-corrected chi connectivity index (χ0v) is 16.2. The van der Waals surface area contributed by atoms with Crippen LogP contribution >= 0.6 is 0 Å². The monoisotopic (exact) mass is 350 g/mol. The van der Waals surface area contributed by atoms with E-state index < -0.39 is 5.60 Å². The fourth-order valence-corrected chi connectivity index (χ4v) is 4.02. The summed E-state index contributed by atoms with van der Waals surface area (Å²) in [6, 6.07) is 16.4. The van der Waals surface area contributed by atoms with Gasteiger partial charge in [0, 0.05) is 5.56 Å². The lowest BCUT2D eigenvalue weighted by molar-refractivity contribution is 0.0488. The summed E-state index contributed by atoms with van der Waals surface area (Å²) in [7, 11) is 0. The fourth-order valence-electron chi connectivity index (χ4n) is 4.02. The summed E-state index contributed by atoms with van der Waals surface area (Å²) in [4.78, 5) is 12.1. The van der Waals surface area contributed by atoms with E-state index >= 15 is 0 Å². The molecule has 0 radical (unpaired) electrons. The van der Waals surface area contributed by atoms with Crippen LogP contribution in [0.1, 0.15) is 74.7 Å². The molecule has 2 aromatic carbocycles. The van der Waals surface area contributed by atoms with Gasteiger partial charge in [-0.2, -0.15) is 0 Å². The summed E-state index contributed by atoms with van der Waals surface area (Å²) in [5.74, 6) is 1.39. The van der Waals surface area contributed by atoms with Crippen LogP contribution in [0.25, 0.3) is 11.1 Å². The number of rotatable bonds is 5. The van der Waals surface area contributed by atoms with Gasteiger partial charge in [0.15, 0.2) is 5.78 Å². The summed E-state index contributed by atoms with van der Waals surface area (Å²) < 4.78 is 0. The minimum Gasteiger partial charge on any atom is -0.382 e. The average molecular weight is 351 g/mol. The highest BCUT2D eigenvalue weighted by atomic mass is 16.3. The third kappa shape index (κ3) is 4.24. The number of Topliss-reactive ketones (excluding diaryl/α,β-unsaturated/α-hetero) is 1. The fraction of sp³-hybridized carbons (Fsp3) is 0.458. The molecule has 0 aromatic heterocycles. The number of hydrogen-bond donors (Lipinski definition) is 1. The molecule has 0 saturated heterocycles. The van der Waals surface area contributed by atoms with E-state index in [4.69, 9.17) is 0 Å². The van der Waals surface area contributed by atoms with Gasteiger partial charge >= 0.3 is 0 Å². The lowest BCUT2D eigenvalue weighted by atomic mass is 9.77. The van der Waals surface area contributed by atoms with Crippen LogP contribution in [-0.2, 0) is 0 Å². The molecule has 2 nitrogen and oxygen atoms in total. The average Bonchev–Trinajstić information content (AvgIpc) is 2.67. The Kier molecular flexibility index (Phi) is 5.62. The molecule has 1 aliphatic rings. The van der Waals surface area contributed by atoms with Gasteiger partial charge in [-0.3, -0.25) is 4.79 Å². The molecule has 3 rings (SSSR count). The molecule has 0 heterocycles. The number of aliphatic hydroxyl groups is 1. The highest BCUT2D eigenvalue weighted by Crippen LogP contribution is 2.37. The van der Waals surface area contributed by atoms with Crippen LogP contribution in [0.5, 0.6) is 0 Å². The van der Waals surface area contributed by atoms with E-state index in [1.807, 2.05) is 12.1 Å². The zero-order chi connectivity index (χ0) is 18.7. The van der Waals surface area contributed by atoms with E-state index in [0.717, 1.165) is 11.5 Å². The first-order valence-corrected chi connectivity index (χ1v) is 9.86. The Morgan fingerprint density at radius 1 is 0.923 bits per heavy atom. The van der Waals surface area contributed by atoms with Crippen molar-refractivity contribution in [2.75, 3.05) is 0 Å². The van der Waals surface area contributed by atoms with Crippen LogP contribution in [0.4, 0.5) is 0 Å². The van der Waals surface area contributed by atoms with E-state index in [1.54, 1.807) is 12.1 Å². The SMILES string of the molecule is CCC1CCC(c2ccc(-c3ccc(C(=O)C(C)(C)O)cc3)cc2)CC1. The smallest absolute Gasteiger partial charge is 0.193 e. The normalized spacial score (nSPS) is 20.8. The number of carbonyl (C=O) groups is 1. The van der Waals surface area contributed by atoms with Crippen molar-refractivity contribution >= 4 is 5.78 Å². The van der Waals surface area contributed by atoms with Gasteiger partial charge in [-0.05, 0) is 68.1 Å². The molecular weight excluding hydrogens is 320 g/mol. The second kappa shape index (κ2) is 7.75. The predicted octanol–water partition coefficient (Wildman–Crippen LogP) is 5.99. The standard InChI is InChI=1S/C24H30O2/c1-4-17-5-7-18(8-6-17)19-9-11-20(12-10-19)21-13-15-22(16-14-21)23(25)24(2,3)26/h9-18,26H,4-8H2,1-3H3. The molecule has 2 aromatic rings. The number of benzene rings is 2. The molecule has 0 unspecified atom stereocenters. The van der Waals surface area contributed by atoms with Crippen molar-refractivity contribution in [1.29, 1.82) is 0 Å². The third-order valence-corrected chi connectivity index (χ3v) is 5.84. The topological polar surface area (TPSA) is 37.3 Å². The molecule has 0 atom stereocenters. The second-order valence-corrected chi connectivity index (χ2v) is 8.21. The molecule has 0 bridgehead atoms. The minimum absolute atomic E-state index is 0.248. The van der Waals surface area contributed by atoms with Gasteiger partial charge in [-0.25, -0.2) is 0 Å². The molecule has 1 fully saturated rings. The summed E-state index contributed by atoms with van der Waals surface area (Å²) in [6.45, 7) is 5.35. The quantitative estimate of drug-likeness (QED) is 0.672. The minimum atomic E-state index is -1.33. The molecule has 26 heavy (non-hydrogen) atoms. The van der Waals surface area contributed by atoms with Crippen LogP contribution < -0.4 is 0 Å².